The Bertz CT molecular complexity index is 573. The molecule has 0 fully saturated rings. The first kappa shape index (κ1) is 16.1. The second-order valence-electron chi connectivity index (χ2n) is 3.67. The first-order valence-corrected chi connectivity index (χ1v) is 7.24. The molecular weight excluding hydrogens is 286 g/mol. The van der Waals surface area contributed by atoms with Crippen LogP contribution >= 0.6 is 0 Å². The molecule has 1 aromatic rings. The van der Waals surface area contributed by atoms with Crippen molar-refractivity contribution >= 4 is 22.0 Å². The molecule has 8 nitrogen and oxygen atoms in total. The topological polar surface area (TPSA) is 120 Å². The van der Waals surface area contributed by atoms with Crippen LogP contribution in [0.3, 0.4) is 0 Å². The molecule has 4 N–H and O–H groups in total. The summed E-state index contributed by atoms with van der Waals surface area (Å²) in [5, 5.41) is 0. The molecule has 0 aromatic heterocycles. The number of nitrogens with two attached hydrogens (primary N) is 1. The van der Waals surface area contributed by atoms with E-state index >= 15 is 0 Å². The molecule has 1 amide bonds. The molecule has 0 atom stereocenters. The van der Waals surface area contributed by atoms with Crippen LogP contribution in [0.1, 0.15) is 12.5 Å². The fraction of sp³-hybridized carbons (Fsp3) is 0.364. The van der Waals surface area contributed by atoms with E-state index in [2.05, 4.69) is 9.46 Å². The van der Waals surface area contributed by atoms with Crippen LogP contribution in [0.5, 0.6) is 5.75 Å². The van der Waals surface area contributed by atoms with E-state index in [1.54, 1.807) is 23.8 Å². The Kier molecular flexibility index (Phi) is 5.59. The van der Waals surface area contributed by atoms with Crippen LogP contribution in [-0.4, -0.2) is 28.2 Å². The van der Waals surface area contributed by atoms with Crippen LogP contribution in [0, 0.1) is 0 Å². The molecule has 0 aliphatic heterocycles. The van der Waals surface area contributed by atoms with Gasteiger partial charge in [-0.05, 0) is 24.6 Å². The third kappa shape index (κ3) is 4.59. The van der Waals surface area contributed by atoms with Crippen LogP contribution in [0.25, 0.3) is 0 Å². The molecule has 112 valence electrons. The van der Waals surface area contributed by atoms with Gasteiger partial charge in [0.25, 0.3) is 0 Å². The predicted octanol–water partition coefficient (Wildman–Crippen LogP) is 0.557. The van der Waals surface area contributed by atoms with Gasteiger partial charge in [-0.2, -0.15) is 8.42 Å². The van der Waals surface area contributed by atoms with Crippen molar-refractivity contribution in [1.29, 1.82) is 0 Å². The Morgan fingerprint density at radius 2 is 2.10 bits per heavy atom. The van der Waals surface area contributed by atoms with E-state index in [0.29, 0.717) is 12.3 Å². The smallest absolute Gasteiger partial charge is 0.422 e. The summed E-state index contributed by atoms with van der Waals surface area (Å²) in [4.78, 5) is 11.1. The lowest BCUT2D eigenvalue weighted by atomic mass is 10.2. The first-order chi connectivity index (χ1) is 9.41. The minimum Gasteiger partial charge on any atom is -0.495 e. The van der Waals surface area contributed by atoms with Gasteiger partial charge >= 0.3 is 16.3 Å². The summed E-state index contributed by atoms with van der Waals surface area (Å²) in [5.74, 6) is 0.294. The predicted molar refractivity (Wildman–Crippen MR) is 73.6 cm³/mol. The quantitative estimate of drug-likeness (QED) is 0.706. The van der Waals surface area contributed by atoms with Crippen LogP contribution in [0.2, 0.25) is 0 Å². The van der Waals surface area contributed by atoms with E-state index in [9.17, 15) is 13.2 Å². The summed E-state index contributed by atoms with van der Waals surface area (Å²) in [6, 6.07) is 4.73. The van der Waals surface area contributed by atoms with Crippen molar-refractivity contribution < 1.29 is 22.7 Å². The molecule has 0 bridgehead atoms. The van der Waals surface area contributed by atoms with Gasteiger partial charge in [-0.1, -0.05) is 6.07 Å². The van der Waals surface area contributed by atoms with E-state index in [0.717, 1.165) is 5.56 Å². The van der Waals surface area contributed by atoms with Gasteiger partial charge in [-0.15, -0.1) is 0 Å². The molecule has 1 aromatic carbocycles. The number of methoxy groups -OCH3 is 1. The average Bonchev–Trinajstić information content (AvgIpc) is 2.38. The van der Waals surface area contributed by atoms with Crippen molar-refractivity contribution in [2.75, 3.05) is 18.4 Å². The molecular formula is C11H17N3O5S. The minimum absolute atomic E-state index is 0.0653. The number of rotatable bonds is 6. The summed E-state index contributed by atoms with van der Waals surface area (Å²) in [5.41, 5.74) is 6.44. The summed E-state index contributed by atoms with van der Waals surface area (Å²) < 4.78 is 36.8. The Balaban J connectivity index is 2.89. The van der Waals surface area contributed by atoms with E-state index in [-0.39, 0.29) is 12.3 Å². The molecule has 0 saturated carbocycles. The fourth-order valence-corrected chi connectivity index (χ4v) is 2.17. The number of anilines is 1. The highest BCUT2D eigenvalue weighted by molar-refractivity contribution is 7.91. The number of hydrogen-bond donors (Lipinski definition) is 3. The highest BCUT2D eigenvalue weighted by Crippen LogP contribution is 2.26. The summed E-state index contributed by atoms with van der Waals surface area (Å²) >= 11 is 0. The van der Waals surface area contributed by atoms with Gasteiger partial charge in [-0.3, -0.25) is 4.72 Å². The van der Waals surface area contributed by atoms with Crippen molar-refractivity contribution in [3.05, 3.63) is 23.8 Å². The van der Waals surface area contributed by atoms with Crippen LogP contribution in [-0.2, 0) is 21.5 Å². The standard InChI is InChI=1S/C11H17N3O5S/c1-3-19-11(15)14-20(16,17)13-9-5-4-8(7-12)6-10(9)18-2/h4-6,13H,3,7,12H2,1-2H3,(H,14,15). The van der Waals surface area contributed by atoms with Gasteiger partial charge in [0.05, 0.1) is 19.4 Å². The lowest BCUT2D eigenvalue weighted by Crippen LogP contribution is -2.35. The molecule has 0 aliphatic carbocycles. The molecule has 1 rings (SSSR count). The first-order valence-electron chi connectivity index (χ1n) is 5.76. The highest BCUT2D eigenvalue weighted by atomic mass is 32.2. The van der Waals surface area contributed by atoms with Crippen LogP contribution in [0.15, 0.2) is 18.2 Å². The number of carbonyl (C=O) groups is 1. The van der Waals surface area contributed by atoms with Gasteiger partial charge in [0.2, 0.25) is 0 Å². The van der Waals surface area contributed by atoms with Crippen molar-refractivity contribution in [2.24, 2.45) is 5.73 Å². The maximum absolute atomic E-state index is 11.7. The third-order valence-electron chi connectivity index (χ3n) is 2.24. The largest absolute Gasteiger partial charge is 0.495 e. The second-order valence-corrected chi connectivity index (χ2v) is 5.08. The molecule has 0 spiro atoms. The van der Waals surface area contributed by atoms with E-state index in [1.165, 1.54) is 13.2 Å². The van der Waals surface area contributed by atoms with Crippen molar-refractivity contribution in [3.63, 3.8) is 0 Å². The number of benzene rings is 1. The Morgan fingerprint density at radius 1 is 1.40 bits per heavy atom. The fourth-order valence-electron chi connectivity index (χ4n) is 1.39. The lowest BCUT2D eigenvalue weighted by Gasteiger charge is -2.13. The molecule has 9 heteroatoms. The zero-order valence-electron chi connectivity index (χ0n) is 11.2. The number of hydrogen-bond acceptors (Lipinski definition) is 6. The molecule has 0 saturated heterocycles. The normalized spacial score (nSPS) is 10.8. The zero-order valence-corrected chi connectivity index (χ0v) is 12.0. The van der Waals surface area contributed by atoms with E-state index in [4.69, 9.17) is 10.5 Å². The Hall–Kier alpha value is -2.00. The van der Waals surface area contributed by atoms with Gasteiger partial charge in [0.15, 0.2) is 0 Å². The molecule has 20 heavy (non-hydrogen) atoms. The second kappa shape index (κ2) is 6.96. The lowest BCUT2D eigenvalue weighted by molar-refractivity contribution is 0.159. The van der Waals surface area contributed by atoms with Crippen LogP contribution in [0.4, 0.5) is 10.5 Å². The monoisotopic (exact) mass is 303 g/mol. The number of ether oxygens (including phenoxy) is 2. The molecule has 0 radical (unpaired) electrons. The third-order valence-corrected chi connectivity index (χ3v) is 3.16. The van der Waals surface area contributed by atoms with Crippen molar-refractivity contribution in [3.8, 4) is 5.75 Å². The SMILES string of the molecule is CCOC(=O)NS(=O)(=O)Nc1ccc(CN)cc1OC. The average molecular weight is 303 g/mol. The Labute approximate surface area is 117 Å². The zero-order chi connectivity index (χ0) is 15.2. The number of nitrogens with one attached hydrogen (secondary N) is 2. The summed E-state index contributed by atoms with van der Waals surface area (Å²) in [7, 11) is -2.70. The van der Waals surface area contributed by atoms with Crippen molar-refractivity contribution in [1.82, 2.24) is 4.72 Å². The van der Waals surface area contributed by atoms with Gasteiger partial charge in [0, 0.05) is 6.54 Å². The summed E-state index contributed by atoms with van der Waals surface area (Å²) in [6.07, 6.45) is -1.06. The summed E-state index contributed by atoms with van der Waals surface area (Å²) in [6.45, 7) is 1.93. The molecule has 0 unspecified atom stereocenters. The van der Waals surface area contributed by atoms with E-state index in [1.807, 2.05) is 0 Å². The maximum Gasteiger partial charge on any atom is 0.422 e. The van der Waals surface area contributed by atoms with Gasteiger partial charge in [-0.25, -0.2) is 9.52 Å². The molecule has 0 aliphatic rings. The van der Waals surface area contributed by atoms with E-state index < -0.39 is 16.3 Å². The highest BCUT2D eigenvalue weighted by Gasteiger charge is 2.17. The van der Waals surface area contributed by atoms with Crippen LogP contribution < -0.4 is 19.9 Å². The van der Waals surface area contributed by atoms with Gasteiger partial charge < -0.3 is 15.2 Å². The maximum atomic E-state index is 11.7. The number of carbonyl (C=O) groups excluding carboxylic acids is 1. The number of amides is 1. The molecule has 0 heterocycles. The Morgan fingerprint density at radius 3 is 2.65 bits per heavy atom. The minimum atomic E-state index is -4.09. The van der Waals surface area contributed by atoms with Crippen molar-refractivity contribution in [2.45, 2.75) is 13.5 Å². The van der Waals surface area contributed by atoms with Gasteiger partial charge in [0.1, 0.15) is 5.75 Å².